The molecule has 0 spiro atoms. The lowest BCUT2D eigenvalue weighted by atomic mass is 10.0. The molecule has 0 radical (unpaired) electrons. The molecule has 0 bridgehead atoms. The second kappa shape index (κ2) is 13.4. The summed E-state index contributed by atoms with van der Waals surface area (Å²) in [6, 6.07) is 15.6. The Hall–Kier alpha value is -1.70. The standard InChI is InChI=1S/C25H37O7PS/c1-5-30-33(26,31-6-2)25(34(27,28)29)16-10-12-21-11-9-14-23(19-21)32-24-15-8-7-13-22(24)18-17-20(3)4/h7-9,11,13-15,19-20,25H,5-6,10,12,16-18H2,1-4H3,(H,27,28,29). The maximum atomic E-state index is 13.0. The van der Waals surface area contributed by atoms with E-state index < -0.39 is 22.7 Å². The lowest BCUT2D eigenvalue weighted by molar-refractivity contribution is 0.215. The topological polar surface area (TPSA) is 99.1 Å². The Labute approximate surface area is 204 Å². The van der Waals surface area contributed by atoms with Crippen LogP contribution in [0.3, 0.4) is 0 Å². The molecule has 7 nitrogen and oxygen atoms in total. The van der Waals surface area contributed by atoms with Gasteiger partial charge in [0.1, 0.15) is 11.5 Å². The zero-order valence-electron chi connectivity index (χ0n) is 20.5. The highest BCUT2D eigenvalue weighted by Gasteiger charge is 2.44. The first-order chi connectivity index (χ1) is 16.1. The molecule has 9 heteroatoms. The Morgan fingerprint density at radius 1 is 0.941 bits per heavy atom. The van der Waals surface area contributed by atoms with Crippen LogP contribution < -0.4 is 4.74 Å². The molecule has 0 saturated heterocycles. The van der Waals surface area contributed by atoms with Crippen molar-refractivity contribution in [2.45, 2.75) is 64.8 Å². The second-order valence-corrected chi connectivity index (χ2v) is 12.7. The van der Waals surface area contributed by atoms with Crippen LogP contribution in [0, 0.1) is 5.92 Å². The van der Waals surface area contributed by atoms with Crippen molar-refractivity contribution < 1.29 is 31.3 Å². The van der Waals surface area contributed by atoms with E-state index in [0.717, 1.165) is 29.7 Å². The number of para-hydroxylation sites is 1. The molecule has 0 heterocycles. The van der Waals surface area contributed by atoms with E-state index in [1.807, 2.05) is 42.5 Å². The summed E-state index contributed by atoms with van der Waals surface area (Å²) in [5.74, 6) is 2.11. The molecule has 1 unspecified atom stereocenters. The van der Waals surface area contributed by atoms with Gasteiger partial charge < -0.3 is 13.8 Å². The molecule has 2 aromatic rings. The number of hydrogen-bond acceptors (Lipinski definition) is 6. The van der Waals surface area contributed by atoms with Crippen molar-refractivity contribution in [1.82, 2.24) is 0 Å². The van der Waals surface area contributed by atoms with Gasteiger partial charge >= 0.3 is 7.60 Å². The van der Waals surface area contributed by atoms with Gasteiger partial charge in [-0.15, -0.1) is 0 Å². The van der Waals surface area contributed by atoms with Gasteiger partial charge in [-0.3, -0.25) is 9.12 Å². The van der Waals surface area contributed by atoms with Gasteiger partial charge in [-0.05, 0) is 81.2 Å². The van der Waals surface area contributed by atoms with Gasteiger partial charge in [-0.2, -0.15) is 8.42 Å². The molecular formula is C25H37O7PS. The number of rotatable bonds is 15. The Balaban J connectivity index is 2.09. The highest BCUT2D eigenvalue weighted by molar-refractivity contribution is 7.94. The summed E-state index contributed by atoms with van der Waals surface area (Å²) in [6.45, 7) is 7.61. The molecule has 1 N–H and O–H groups in total. The van der Waals surface area contributed by atoms with Crippen LogP contribution in [-0.4, -0.2) is 31.2 Å². The molecule has 0 aliphatic rings. The second-order valence-electron chi connectivity index (χ2n) is 8.53. The third-order valence-corrected chi connectivity index (χ3v) is 10.0. The van der Waals surface area contributed by atoms with E-state index in [0.29, 0.717) is 24.5 Å². The average molecular weight is 513 g/mol. The molecule has 34 heavy (non-hydrogen) atoms. The number of ether oxygens (including phenoxy) is 1. The minimum atomic E-state index is -4.62. The molecule has 0 saturated carbocycles. The summed E-state index contributed by atoms with van der Waals surface area (Å²) in [5, 5.41) is 0. The van der Waals surface area contributed by atoms with E-state index in [1.165, 1.54) is 0 Å². The lowest BCUT2D eigenvalue weighted by Gasteiger charge is -2.24. The first-order valence-corrected chi connectivity index (χ1v) is 14.9. The zero-order chi connectivity index (χ0) is 25.2. The highest BCUT2D eigenvalue weighted by atomic mass is 32.2. The van der Waals surface area contributed by atoms with Crippen molar-refractivity contribution in [2.24, 2.45) is 5.92 Å². The van der Waals surface area contributed by atoms with Crippen LogP contribution in [0.15, 0.2) is 48.5 Å². The minimum absolute atomic E-state index is 0.0152. The van der Waals surface area contributed by atoms with E-state index in [1.54, 1.807) is 13.8 Å². The Bertz CT molecular complexity index is 1040. The SMILES string of the molecule is CCOP(=O)(OCC)C(CCCc1cccc(Oc2ccccc2CCC(C)C)c1)S(=O)(=O)O. The Morgan fingerprint density at radius 2 is 1.62 bits per heavy atom. The molecule has 0 amide bonds. The van der Waals surface area contributed by atoms with Crippen molar-refractivity contribution in [2.75, 3.05) is 13.2 Å². The molecule has 1 atom stereocenters. The van der Waals surface area contributed by atoms with Gasteiger partial charge in [0.2, 0.25) is 0 Å². The average Bonchev–Trinajstić information content (AvgIpc) is 2.76. The number of hydrogen-bond donors (Lipinski definition) is 1. The lowest BCUT2D eigenvalue weighted by Crippen LogP contribution is -2.23. The number of aryl methyl sites for hydroxylation is 2. The third kappa shape index (κ3) is 8.82. The molecule has 0 aliphatic heterocycles. The van der Waals surface area contributed by atoms with E-state index in [9.17, 15) is 17.5 Å². The first kappa shape index (κ1) is 28.5. The molecule has 0 fully saturated rings. The normalized spacial score (nSPS) is 13.2. The predicted octanol–water partition coefficient (Wildman–Crippen LogP) is 6.87. The zero-order valence-corrected chi connectivity index (χ0v) is 22.2. The highest BCUT2D eigenvalue weighted by Crippen LogP contribution is 2.56. The van der Waals surface area contributed by atoms with Crippen molar-refractivity contribution in [3.05, 3.63) is 59.7 Å². The van der Waals surface area contributed by atoms with Gasteiger partial charge in [-0.25, -0.2) is 0 Å². The van der Waals surface area contributed by atoms with Gasteiger partial charge in [0.15, 0.2) is 4.99 Å². The van der Waals surface area contributed by atoms with Gasteiger partial charge in [0.25, 0.3) is 10.1 Å². The smallest absolute Gasteiger partial charge is 0.351 e. The summed E-state index contributed by atoms with van der Waals surface area (Å²) in [4.78, 5) is -1.62. The predicted molar refractivity (Wildman–Crippen MR) is 135 cm³/mol. The summed E-state index contributed by atoms with van der Waals surface area (Å²) in [5.41, 5.74) is 2.09. The van der Waals surface area contributed by atoms with Crippen LogP contribution in [0.5, 0.6) is 11.5 Å². The monoisotopic (exact) mass is 512 g/mol. The van der Waals surface area contributed by atoms with E-state index >= 15 is 0 Å². The van der Waals surface area contributed by atoms with Crippen LogP contribution in [0.25, 0.3) is 0 Å². The fourth-order valence-corrected chi connectivity index (χ4v) is 7.42. The van der Waals surface area contributed by atoms with Crippen LogP contribution in [0.2, 0.25) is 0 Å². The van der Waals surface area contributed by atoms with Gasteiger partial charge in [0, 0.05) is 0 Å². The molecular weight excluding hydrogens is 475 g/mol. The van der Waals surface area contributed by atoms with Gasteiger partial charge in [-0.1, -0.05) is 44.2 Å². The maximum Gasteiger partial charge on any atom is 0.351 e. The van der Waals surface area contributed by atoms with Crippen molar-refractivity contribution in [1.29, 1.82) is 0 Å². The Morgan fingerprint density at radius 3 is 2.24 bits per heavy atom. The molecule has 0 aromatic heterocycles. The maximum absolute atomic E-state index is 13.0. The fourth-order valence-electron chi connectivity index (χ4n) is 3.66. The van der Waals surface area contributed by atoms with Gasteiger partial charge in [0.05, 0.1) is 13.2 Å². The van der Waals surface area contributed by atoms with Crippen molar-refractivity contribution in [3.8, 4) is 11.5 Å². The summed E-state index contributed by atoms with van der Waals surface area (Å²) >= 11 is 0. The van der Waals surface area contributed by atoms with Crippen LogP contribution in [0.1, 0.15) is 58.1 Å². The Kier molecular flexibility index (Phi) is 11.3. The summed E-state index contributed by atoms with van der Waals surface area (Å²) < 4.78 is 63.1. The summed E-state index contributed by atoms with van der Waals surface area (Å²) in [7, 11) is -8.63. The van der Waals surface area contributed by atoms with Crippen LogP contribution in [-0.2, 0) is 36.6 Å². The minimum Gasteiger partial charge on any atom is -0.457 e. The molecule has 190 valence electrons. The number of benzene rings is 2. The summed E-state index contributed by atoms with van der Waals surface area (Å²) in [6.07, 6.45) is 2.83. The molecule has 0 aliphatic carbocycles. The quantitative estimate of drug-likeness (QED) is 0.205. The molecule has 2 aromatic carbocycles. The van der Waals surface area contributed by atoms with Crippen molar-refractivity contribution in [3.63, 3.8) is 0 Å². The largest absolute Gasteiger partial charge is 0.457 e. The van der Waals surface area contributed by atoms with Crippen LogP contribution >= 0.6 is 7.60 Å². The fraction of sp³-hybridized carbons (Fsp3) is 0.520. The van der Waals surface area contributed by atoms with E-state index in [4.69, 9.17) is 13.8 Å². The van der Waals surface area contributed by atoms with Crippen LogP contribution in [0.4, 0.5) is 0 Å². The third-order valence-electron chi connectivity index (χ3n) is 5.32. The van der Waals surface area contributed by atoms with E-state index in [-0.39, 0.29) is 19.6 Å². The van der Waals surface area contributed by atoms with Crippen molar-refractivity contribution >= 4 is 17.7 Å². The van der Waals surface area contributed by atoms with E-state index in [2.05, 4.69) is 19.9 Å². The first-order valence-electron chi connectivity index (χ1n) is 11.8. The molecule has 2 rings (SSSR count).